The summed E-state index contributed by atoms with van der Waals surface area (Å²) in [7, 11) is 0. The van der Waals surface area contributed by atoms with Crippen molar-refractivity contribution in [1.82, 2.24) is 4.90 Å². The molecule has 1 amide bonds. The van der Waals surface area contributed by atoms with Gasteiger partial charge in [-0.2, -0.15) is 0 Å². The number of aliphatic hydroxyl groups is 1. The average molecular weight is 280 g/mol. The topological polar surface area (TPSA) is 52.6 Å². The molecule has 1 aromatic rings. The first kappa shape index (κ1) is 18.6. The fraction of sp³-hybridized carbons (Fsp3) is 0.562. The minimum atomic E-state index is 0.0612. The van der Waals surface area contributed by atoms with Crippen LogP contribution in [-0.2, 0) is 4.79 Å². The highest BCUT2D eigenvalue weighted by Crippen LogP contribution is 2.19. The maximum atomic E-state index is 11.9. The van der Waals surface area contributed by atoms with Gasteiger partial charge in [-0.3, -0.25) is 9.69 Å². The summed E-state index contributed by atoms with van der Waals surface area (Å²) in [5.74, 6) is 0.0612. The van der Waals surface area contributed by atoms with Crippen LogP contribution >= 0.6 is 0 Å². The lowest BCUT2D eigenvalue weighted by atomic mass is 10.1. The molecule has 1 aromatic carbocycles. The molecule has 20 heavy (non-hydrogen) atoms. The number of hydrogen-bond acceptors (Lipinski definition) is 3. The standard InChI is InChI=1S/C14H22N2O.C2H6O/c1-5-16(6-2)10-13(17)15-14-11(3)8-7-9-12(14)4;1-2-3/h7-9H,5-6,10H2,1-4H3,(H,15,17);3H,2H2,1H3. The third-order valence-electron chi connectivity index (χ3n) is 3.01. The zero-order valence-corrected chi connectivity index (χ0v) is 13.4. The smallest absolute Gasteiger partial charge is 0.238 e. The van der Waals surface area contributed by atoms with E-state index in [9.17, 15) is 4.79 Å². The van der Waals surface area contributed by atoms with Crippen molar-refractivity contribution in [2.75, 3.05) is 31.6 Å². The molecular weight excluding hydrogens is 252 g/mol. The number of carbonyl (C=O) groups excluding carboxylic acids is 1. The van der Waals surface area contributed by atoms with E-state index >= 15 is 0 Å². The van der Waals surface area contributed by atoms with Gasteiger partial charge in [0, 0.05) is 12.3 Å². The number of para-hydroxylation sites is 1. The van der Waals surface area contributed by atoms with Gasteiger partial charge in [0.15, 0.2) is 0 Å². The van der Waals surface area contributed by atoms with Crippen LogP contribution in [0.25, 0.3) is 0 Å². The number of carbonyl (C=O) groups is 1. The summed E-state index contributed by atoms with van der Waals surface area (Å²) >= 11 is 0. The molecule has 0 unspecified atom stereocenters. The average Bonchev–Trinajstić information content (AvgIpc) is 2.41. The molecule has 0 aliphatic carbocycles. The summed E-state index contributed by atoms with van der Waals surface area (Å²) in [6, 6.07) is 6.03. The van der Waals surface area contributed by atoms with E-state index in [0.29, 0.717) is 6.54 Å². The van der Waals surface area contributed by atoms with Gasteiger partial charge in [0.25, 0.3) is 0 Å². The number of benzene rings is 1. The SMILES string of the molecule is CCN(CC)CC(=O)Nc1c(C)cccc1C.CCO. The van der Waals surface area contributed by atoms with Gasteiger partial charge in [0.05, 0.1) is 6.54 Å². The maximum Gasteiger partial charge on any atom is 0.238 e. The third-order valence-corrected chi connectivity index (χ3v) is 3.01. The van der Waals surface area contributed by atoms with Crippen LogP contribution in [0, 0.1) is 13.8 Å². The second-order valence-corrected chi connectivity index (χ2v) is 4.59. The molecule has 1 rings (SSSR count). The molecule has 0 saturated heterocycles. The van der Waals surface area contributed by atoms with E-state index in [0.717, 1.165) is 29.9 Å². The van der Waals surface area contributed by atoms with Gasteiger partial charge in [0.1, 0.15) is 0 Å². The highest BCUT2D eigenvalue weighted by atomic mass is 16.2. The van der Waals surface area contributed by atoms with Crippen LogP contribution in [0.2, 0.25) is 0 Å². The number of nitrogens with zero attached hydrogens (tertiary/aromatic N) is 1. The van der Waals surface area contributed by atoms with Gasteiger partial charge < -0.3 is 10.4 Å². The van der Waals surface area contributed by atoms with Crippen LogP contribution in [0.3, 0.4) is 0 Å². The molecule has 114 valence electrons. The third kappa shape index (κ3) is 6.68. The summed E-state index contributed by atoms with van der Waals surface area (Å²) < 4.78 is 0. The number of hydrogen-bond donors (Lipinski definition) is 2. The number of aliphatic hydroxyl groups excluding tert-OH is 1. The Morgan fingerprint density at radius 2 is 1.60 bits per heavy atom. The zero-order valence-electron chi connectivity index (χ0n) is 13.4. The van der Waals surface area contributed by atoms with Gasteiger partial charge in [-0.15, -0.1) is 0 Å². The molecule has 0 aromatic heterocycles. The summed E-state index contributed by atoms with van der Waals surface area (Å²) in [5.41, 5.74) is 3.17. The Bertz CT molecular complexity index is 381. The van der Waals surface area contributed by atoms with Crippen molar-refractivity contribution >= 4 is 11.6 Å². The van der Waals surface area contributed by atoms with Crippen LogP contribution in [0.15, 0.2) is 18.2 Å². The van der Waals surface area contributed by atoms with Crippen molar-refractivity contribution in [3.8, 4) is 0 Å². The van der Waals surface area contributed by atoms with Gasteiger partial charge >= 0.3 is 0 Å². The van der Waals surface area contributed by atoms with Crippen molar-refractivity contribution in [3.63, 3.8) is 0 Å². The maximum absolute atomic E-state index is 11.9. The van der Waals surface area contributed by atoms with Crippen molar-refractivity contribution in [2.24, 2.45) is 0 Å². The molecule has 0 bridgehead atoms. The minimum Gasteiger partial charge on any atom is -0.397 e. The molecule has 4 nitrogen and oxygen atoms in total. The van der Waals surface area contributed by atoms with Crippen LogP contribution in [0.1, 0.15) is 31.9 Å². The van der Waals surface area contributed by atoms with E-state index in [1.807, 2.05) is 32.0 Å². The van der Waals surface area contributed by atoms with Gasteiger partial charge in [-0.25, -0.2) is 0 Å². The Morgan fingerprint density at radius 1 is 1.15 bits per heavy atom. The Balaban J connectivity index is 0.00000110. The number of nitrogens with one attached hydrogen (secondary N) is 1. The van der Waals surface area contributed by atoms with Crippen molar-refractivity contribution in [1.29, 1.82) is 0 Å². The summed E-state index contributed by atoms with van der Waals surface area (Å²) in [6.45, 7) is 12.3. The van der Waals surface area contributed by atoms with E-state index in [4.69, 9.17) is 5.11 Å². The molecule has 0 fully saturated rings. The summed E-state index contributed by atoms with van der Waals surface area (Å²) in [6.07, 6.45) is 0. The van der Waals surface area contributed by atoms with E-state index in [2.05, 4.69) is 24.1 Å². The first-order chi connectivity index (χ1) is 9.49. The Labute approximate surface area is 122 Å². The molecule has 0 saturated carbocycles. The van der Waals surface area contributed by atoms with Crippen LogP contribution in [0.5, 0.6) is 0 Å². The molecular formula is C16H28N2O2. The van der Waals surface area contributed by atoms with E-state index in [1.165, 1.54) is 0 Å². The van der Waals surface area contributed by atoms with Crippen LogP contribution in [-0.4, -0.2) is 42.2 Å². The Morgan fingerprint density at radius 3 is 2.00 bits per heavy atom. The molecule has 0 heterocycles. The minimum absolute atomic E-state index is 0.0612. The highest BCUT2D eigenvalue weighted by molar-refractivity contribution is 5.93. The fourth-order valence-electron chi connectivity index (χ4n) is 1.84. The Kier molecular flexibility index (Phi) is 9.68. The van der Waals surface area contributed by atoms with Gasteiger partial charge in [0.2, 0.25) is 5.91 Å². The first-order valence-corrected chi connectivity index (χ1v) is 7.19. The second-order valence-electron chi connectivity index (χ2n) is 4.59. The monoisotopic (exact) mass is 280 g/mol. The number of aryl methyl sites for hydroxylation is 2. The Hall–Kier alpha value is -1.39. The predicted octanol–water partition coefficient (Wildman–Crippen LogP) is 2.58. The molecule has 0 atom stereocenters. The zero-order chi connectivity index (χ0) is 15.5. The molecule has 0 aliphatic heterocycles. The van der Waals surface area contributed by atoms with Crippen LogP contribution in [0.4, 0.5) is 5.69 Å². The number of anilines is 1. The second kappa shape index (κ2) is 10.4. The molecule has 0 spiro atoms. The van der Waals surface area contributed by atoms with Crippen molar-refractivity contribution in [3.05, 3.63) is 29.3 Å². The van der Waals surface area contributed by atoms with Crippen molar-refractivity contribution in [2.45, 2.75) is 34.6 Å². The van der Waals surface area contributed by atoms with E-state index in [-0.39, 0.29) is 12.5 Å². The van der Waals surface area contributed by atoms with Gasteiger partial charge in [-0.05, 0) is 45.0 Å². The highest BCUT2D eigenvalue weighted by Gasteiger charge is 2.09. The fourth-order valence-corrected chi connectivity index (χ4v) is 1.84. The number of likely N-dealkylation sites (N-methyl/N-ethyl adjacent to an activating group) is 1. The van der Waals surface area contributed by atoms with E-state index in [1.54, 1.807) is 6.92 Å². The summed E-state index contributed by atoms with van der Waals surface area (Å²) in [4.78, 5) is 14.0. The largest absolute Gasteiger partial charge is 0.397 e. The quantitative estimate of drug-likeness (QED) is 0.871. The normalized spacial score (nSPS) is 9.95. The lowest BCUT2D eigenvalue weighted by Crippen LogP contribution is -2.33. The summed E-state index contributed by atoms with van der Waals surface area (Å²) in [5, 5.41) is 10.6. The lowest BCUT2D eigenvalue weighted by molar-refractivity contribution is -0.117. The van der Waals surface area contributed by atoms with Crippen LogP contribution < -0.4 is 5.32 Å². The predicted molar refractivity (Wildman–Crippen MR) is 85.1 cm³/mol. The van der Waals surface area contributed by atoms with Crippen molar-refractivity contribution < 1.29 is 9.90 Å². The molecule has 0 aliphatic rings. The van der Waals surface area contributed by atoms with Gasteiger partial charge in [-0.1, -0.05) is 32.0 Å². The lowest BCUT2D eigenvalue weighted by Gasteiger charge is -2.18. The molecule has 0 radical (unpaired) electrons. The number of amides is 1. The molecule has 2 N–H and O–H groups in total. The molecule has 4 heteroatoms. The first-order valence-electron chi connectivity index (χ1n) is 7.19. The van der Waals surface area contributed by atoms with E-state index < -0.39 is 0 Å². The number of rotatable bonds is 5.